The molecule has 0 unspecified atom stereocenters. The number of nitrogens with zero attached hydrogens (tertiary/aromatic N) is 2. The molecule has 0 aliphatic rings. The number of rotatable bonds is 11. The van der Waals surface area contributed by atoms with Gasteiger partial charge in [0.25, 0.3) is 0 Å². The lowest BCUT2D eigenvalue weighted by molar-refractivity contribution is 0.595. The van der Waals surface area contributed by atoms with E-state index < -0.39 is 10.0 Å². The van der Waals surface area contributed by atoms with Crippen LogP contribution in [0.25, 0.3) is 32.7 Å². The molecule has 6 aromatic rings. The maximum Gasteiger partial charge on any atom is 0.232 e. The number of fused-ring (bicyclic) bond motifs is 3. The molecule has 0 aliphatic heterocycles. The summed E-state index contributed by atoms with van der Waals surface area (Å²) in [5.74, 6) is 0.0835. The summed E-state index contributed by atoms with van der Waals surface area (Å²) < 4.78 is 28.1. The van der Waals surface area contributed by atoms with Crippen molar-refractivity contribution in [1.29, 1.82) is 0 Å². The summed E-state index contributed by atoms with van der Waals surface area (Å²) in [7, 11) is -3.44. The maximum absolute atomic E-state index is 12.7. The minimum atomic E-state index is -3.44. The molecule has 0 radical (unpaired) electrons. The highest BCUT2D eigenvalue weighted by Crippen LogP contribution is 2.33. The summed E-state index contributed by atoms with van der Waals surface area (Å²) in [6.07, 6.45) is 4.09. The molecule has 4 aromatic carbocycles. The van der Waals surface area contributed by atoms with Crippen molar-refractivity contribution < 1.29 is 13.9 Å². The molecular formula is C33H34ClN5O3S. The number of unbranched alkanes of at least 4 members (excludes halogenated alkanes) is 2. The van der Waals surface area contributed by atoms with Crippen molar-refractivity contribution >= 4 is 77.9 Å². The predicted octanol–water partition coefficient (Wildman–Crippen LogP) is 7.30. The van der Waals surface area contributed by atoms with Crippen molar-refractivity contribution in [3.8, 4) is 0 Å². The van der Waals surface area contributed by atoms with E-state index in [1.165, 1.54) is 0 Å². The number of hydrogen-bond donors (Lipinski definition) is 3. The topological polar surface area (TPSA) is 128 Å². The van der Waals surface area contributed by atoms with Crippen LogP contribution in [0.5, 0.6) is 0 Å². The van der Waals surface area contributed by atoms with Gasteiger partial charge in [0, 0.05) is 46.0 Å². The Hall–Kier alpha value is -4.44. The van der Waals surface area contributed by atoms with Gasteiger partial charge in [0.15, 0.2) is 0 Å². The zero-order valence-corrected chi connectivity index (χ0v) is 25.1. The van der Waals surface area contributed by atoms with Crippen LogP contribution in [0.3, 0.4) is 0 Å². The van der Waals surface area contributed by atoms with E-state index in [9.17, 15) is 8.42 Å². The minimum Gasteiger partial charge on any atom is -0.412 e. The lowest BCUT2D eigenvalue weighted by Crippen LogP contribution is -2.16. The zero-order valence-electron chi connectivity index (χ0n) is 23.5. The molecule has 0 saturated heterocycles. The van der Waals surface area contributed by atoms with E-state index in [1.807, 2.05) is 72.8 Å². The van der Waals surface area contributed by atoms with Gasteiger partial charge < -0.3 is 16.1 Å². The van der Waals surface area contributed by atoms with Gasteiger partial charge in [-0.25, -0.2) is 13.4 Å². The van der Waals surface area contributed by atoms with Crippen LogP contribution < -0.4 is 15.4 Å². The molecule has 5 N–H and O–H groups in total. The lowest BCUT2D eigenvalue weighted by Gasteiger charge is -2.14. The molecule has 222 valence electrons. The third kappa shape index (κ3) is 7.50. The largest absolute Gasteiger partial charge is 0.412 e. The van der Waals surface area contributed by atoms with Crippen LogP contribution in [0.2, 0.25) is 0 Å². The van der Waals surface area contributed by atoms with E-state index in [4.69, 9.17) is 4.98 Å². The van der Waals surface area contributed by atoms with Crippen molar-refractivity contribution in [2.75, 3.05) is 27.7 Å². The van der Waals surface area contributed by atoms with E-state index in [1.54, 1.807) is 18.3 Å². The highest BCUT2D eigenvalue weighted by atomic mass is 35.5. The molecular weight excluding hydrogens is 582 g/mol. The Labute approximate surface area is 257 Å². The summed E-state index contributed by atoms with van der Waals surface area (Å²) in [5, 5.41) is 10.1. The Morgan fingerprint density at radius 1 is 0.628 bits per heavy atom. The third-order valence-electron chi connectivity index (χ3n) is 7.07. The molecule has 43 heavy (non-hydrogen) atoms. The number of sulfonamides is 1. The second kappa shape index (κ2) is 14.2. The fraction of sp³-hybridized carbons (Fsp3) is 0.152. The number of pyridine rings is 2. The Kier molecular flexibility index (Phi) is 10.4. The van der Waals surface area contributed by atoms with Gasteiger partial charge in [-0.3, -0.25) is 9.71 Å². The van der Waals surface area contributed by atoms with Crippen LogP contribution in [0.15, 0.2) is 109 Å². The van der Waals surface area contributed by atoms with E-state index in [-0.39, 0.29) is 23.6 Å². The first kappa shape index (κ1) is 31.5. The number of para-hydroxylation sites is 3. The number of hydrogen-bond acceptors (Lipinski definition) is 6. The average molecular weight is 616 g/mol. The van der Waals surface area contributed by atoms with E-state index in [0.29, 0.717) is 12.1 Å². The summed E-state index contributed by atoms with van der Waals surface area (Å²) in [6, 6.07) is 33.4. The van der Waals surface area contributed by atoms with Crippen molar-refractivity contribution in [2.45, 2.75) is 19.3 Å². The van der Waals surface area contributed by atoms with Crippen LogP contribution in [0.1, 0.15) is 19.3 Å². The quantitative estimate of drug-likeness (QED) is 0.104. The summed E-state index contributed by atoms with van der Waals surface area (Å²) in [4.78, 5) is 9.16. The molecule has 0 bridgehead atoms. The van der Waals surface area contributed by atoms with Gasteiger partial charge in [0.1, 0.15) is 0 Å². The van der Waals surface area contributed by atoms with E-state index >= 15 is 0 Å². The summed E-state index contributed by atoms with van der Waals surface area (Å²) >= 11 is 0. The molecule has 10 heteroatoms. The molecule has 8 nitrogen and oxygen atoms in total. The van der Waals surface area contributed by atoms with Gasteiger partial charge in [-0.2, -0.15) is 0 Å². The van der Waals surface area contributed by atoms with Gasteiger partial charge in [0.2, 0.25) is 10.0 Å². The number of halogens is 1. The van der Waals surface area contributed by atoms with E-state index in [2.05, 4.69) is 38.5 Å². The van der Waals surface area contributed by atoms with Crippen molar-refractivity contribution in [2.24, 2.45) is 0 Å². The molecule has 0 spiro atoms. The SMILES string of the molecule is Cl.O.O=S(=O)(CCCCCNc1ccnc2ccccc12)Nc1ccc(Nc2c3ccccc3nc3ccccc23)cc1. The molecule has 0 fully saturated rings. The fourth-order valence-corrected chi connectivity index (χ4v) is 6.22. The molecule has 2 heterocycles. The molecule has 0 saturated carbocycles. The fourth-order valence-electron chi connectivity index (χ4n) is 5.04. The first-order valence-electron chi connectivity index (χ1n) is 13.8. The Bertz CT molecular complexity index is 1880. The normalized spacial score (nSPS) is 11.1. The number of aromatic nitrogens is 2. The average Bonchev–Trinajstić information content (AvgIpc) is 2.99. The van der Waals surface area contributed by atoms with Gasteiger partial charge >= 0.3 is 0 Å². The number of nitrogens with one attached hydrogen (secondary N) is 3. The minimum absolute atomic E-state index is 0. The van der Waals surface area contributed by atoms with Gasteiger partial charge in [0.05, 0.1) is 28.0 Å². The van der Waals surface area contributed by atoms with Crippen LogP contribution in [0, 0.1) is 0 Å². The first-order chi connectivity index (χ1) is 20.1. The van der Waals surface area contributed by atoms with Crippen LogP contribution in [-0.4, -0.2) is 36.2 Å². The Morgan fingerprint density at radius 3 is 1.88 bits per heavy atom. The van der Waals surface area contributed by atoms with Crippen LogP contribution in [-0.2, 0) is 10.0 Å². The second-order valence-electron chi connectivity index (χ2n) is 10.0. The van der Waals surface area contributed by atoms with E-state index in [0.717, 1.165) is 69.2 Å². The Balaban J connectivity index is 0.00000212. The highest BCUT2D eigenvalue weighted by Gasteiger charge is 2.12. The monoisotopic (exact) mass is 615 g/mol. The summed E-state index contributed by atoms with van der Waals surface area (Å²) in [5.41, 5.74) is 6.23. The van der Waals surface area contributed by atoms with Crippen molar-refractivity contribution in [1.82, 2.24) is 9.97 Å². The van der Waals surface area contributed by atoms with Gasteiger partial charge in [-0.1, -0.05) is 61.0 Å². The first-order valence-corrected chi connectivity index (χ1v) is 15.4. The molecule has 2 aromatic heterocycles. The second-order valence-corrected chi connectivity index (χ2v) is 11.8. The van der Waals surface area contributed by atoms with Crippen LogP contribution in [0.4, 0.5) is 22.7 Å². The van der Waals surface area contributed by atoms with Crippen molar-refractivity contribution in [3.05, 3.63) is 109 Å². The standard InChI is InChI=1S/C33H31N5O2S.ClH.H2O/c39-41(40,23-9-1-8-21-34-30-20-22-35-29-13-5-2-10-26(29)30)38-25-18-16-24(17-19-25)36-33-27-11-3-6-14-31(27)37-32-15-7-4-12-28(32)33;;/h2-7,10-20,22,38H,1,8-9,21,23H2,(H,34,35)(H,36,37);1H;1H2. The maximum atomic E-state index is 12.7. The van der Waals surface area contributed by atoms with Crippen LogP contribution >= 0.6 is 12.4 Å². The number of anilines is 4. The predicted molar refractivity (Wildman–Crippen MR) is 181 cm³/mol. The summed E-state index contributed by atoms with van der Waals surface area (Å²) in [6.45, 7) is 0.776. The van der Waals surface area contributed by atoms with Gasteiger partial charge in [-0.05, 0) is 61.4 Å². The Morgan fingerprint density at radius 2 is 1.21 bits per heavy atom. The molecule has 0 amide bonds. The zero-order chi connectivity index (χ0) is 28.1. The molecule has 6 rings (SSSR count). The third-order valence-corrected chi connectivity index (χ3v) is 8.44. The smallest absolute Gasteiger partial charge is 0.232 e. The van der Waals surface area contributed by atoms with Gasteiger partial charge in [-0.15, -0.1) is 12.4 Å². The highest BCUT2D eigenvalue weighted by molar-refractivity contribution is 7.92. The molecule has 0 atom stereocenters. The number of benzene rings is 4. The molecule has 0 aliphatic carbocycles. The lowest BCUT2D eigenvalue weighted by atomic mass is 10.1. The van der Waals surface area contributed by atoms with Crippen molar-refractivity contribution in [3.63, 3.8) is 0 Å².